The van der Waals surface area contributed by atoms with E-state index in [1.807, 2.05) is 35.2 Å². The van der Waals surface area contributed by atoms with Crippen molar-refractivity contribution < 1.29 is 9.53 Å². The molecule has 0 bridgehead atoms. The van der Waals surface area contributed by atoms with Gasteiger partial charge in [0.25, 0.3) is 0 Å². The van der Waals surface area contributed by atoms with Crippen LogP contribution in [0.25, 0.3) is 0 Å². The Hall–Kier alpha value is -2.47. The summed E-state index contributed by atoms with van der Waals surface area (Å²) >= 11 is 5.90. The number of urea groups is 1. The van der Waals surface area contributed by atoms with Gasteiger partial charge in [-0.25, -0.2) is 9.78 Å². The van der Waals surface area contributed by atoms with Gasteiger partial charge in [-0.1, -0.05) is 23.7 Å². The van der Waals surface area contributed by atoms with Crippen LogP contribution in [0.1, 0.15) is 0 Å². The molecule has 1 fully saturated rings. The van der Waals surface area contributed by atoms with E-state index in [2.05, 4.69) is 15.2 Å². The first-order valence-electron chi connectivity index (χ1n) is 8.29. The van der Waals surface area contributed by atoms with Gasteiger partial charge >= 0.3 is 6.03 Å². The average Bonchev–Trinajstić information content (AvgIpc) is 2.66. The highest BCUT2D eigenvalue weighted by Gasteiger charge is 2.21. The number of carbonyl (C=O) groups is 1. The lowest BCUT2D eigenvalue weighted by Crippen LogP contribution is -2.52. The molecule has 132 valence electrons. The molecule has 2 aromatic rings. The van der Waals surface area contributed by atoms with Gasteiger partial charge in [0.1, 0.15) is 18.2 Å². The number of nitrogens with zero attached hydrogens (tertiary/aromatic N) is 3. The third-order valence-corrected chi connectivity index (χ3v) is 4.22. The minimum atomic E-state index is -0.0598. The number of halogens is 1. The van der Waals surface area contributed by atoms with Crippen molar-refractivity contribution in [1.82, 2.24) is 15.2 Å². The van der Waals surface area contributed by atoms with Crippen LogP contribution in [0.15, 0.2) is 48.7 Å². The zero-order chi connectivity index (χ0) is 17.5. The van der Waals surface area contributed by atoms with Crippen LogP contribution in [-0.2, 0) is 0 Å². The van der Waals surface area contributed by atoms with E-state index >= 15 is 0 Å². The first kappa shape index (κ1) is 17.4. The number of carbonyl (C=O) groups excluding carboxylic acids is 1. The second-order valence-corrected chi connectivity index (χ2v) is 6.14. The van der Waals surface area contributed by atoms with Gasteiger partial charge in [-0.3, -0.25) is 0 Å². The zero-order valence-electron chi connectivity index (χ0n) is 13.9. The van der Waals surface area contributed by atoms with Crippen LogP contribution in [0.4, 0.5) is 10.6 Å². The maximum absolute atomic E-state index is 12.2. The van der Waals surface area contributed by atoms with Gasteiger partial charge < -0.3 is 19.9 Å². The molecule has 0 aliphatic carbocycles. The van der Waals surface area contributed by atoms with Gasteiger partial charge in [0.05, 0.1) is 6.54 Å². The van der Waals surface area contributed by atoms with E-state index in [1.165, 1.54) is 0 Å². The Morgan fingerprint density at radius 3 is 2.72 bits per heavy atom. The number of piperazine rings is 1. The Labute approximate surface area is 152 Å². The van der Waals surface area contributed by atoms with Crippen LogP contribution in [-0.4, -0.2) is 55.2 Å². The number of aromatic nitrogens is 1. The maximum Gasteiger partial charge on any atom is 0.317 e. The van der Waals surface area contributed by atoms with Gasteiger partial charge in [0.15, 0.2) is 0 Å². The normalized spacial score (nSPS) is 14.3. The number of amides is 2. The Balaban J connectivity index is 1.37. The SMILES string of the molecule is O=C(NCCOc1cccc(Cl)c1)N1CCN(c2ccccn2)CC1. The highest BCUT2D eigenvalue weighted by Crippen LogP contribution is 2.16. The summed E-state index contributed by atoms with van der Waals surface area (Å²) in [5.41, 5.74) is 0. The standard InChI is InChI=1S/C18H21ClN4O2/c19-15-4-3-5-16(14-15)25-13-8-21-18(24)23-11-9-22(10-12-23)17-6-1-2-7-20-17/h1-7,14H,8-13H2,(H,21,24). The van der Waals surface area contributed by atoms with Gasteiger partial charge in [-0.2, -0.15) is 0 Å². The van der Waals surface area contributed by atoms with Crippen molar-refractivity contribution in [1.29, 1.82) is 0 Å². The van der Waals surface area contributed by atoms with Gasteiger partial charge in [-0.15, -0.1) is 0 Å². The molecular weight excluding hydrogens is 340 g/mol. The fourth-order valence-electron chi connectivity index (χ4n) is 2.67. The van der Waals surface area contributed by atoms with Crippen molar-refractivity contribution in [3.63, 3.8) is 0 Å². The van der Waals surface area contributed by atoms with E-state index in [9.17, 15) is 4.79 Å². The van der Waals surface area contributed by atoms with E-state index in [0.717, 1.165) is 18.9 Å². The Kier molecular flexibility index (Phi) is 5.95. The van der Waals surface area contributed by atoms with Crippen LogP contribution in [0.3, 0.4) is 0 Å². The number of rotatable bonds is 5. The van der Waals surface area contributed by atoms with Crippen LogP contribution >= 0.6 is 11.6 Å². The topological polar surface area (TPSA) is 57.7 Å². The summed E-state index contributed by atoms with van der Waals surface area (Å²) in [6.45, 7) is 3.77. The van der Waals surface area contributed by atoms with Crippen LogP contribution in [0.2, 0.25) is 5.02 Å². The monoisotopic (exact) mass is 360 g/mol. The van der Waals surface area contributed by atoms with Crippen LogP contribution < -0.4 is 15.0 Å². The van der Waals surface area contributed by atoms with Gasteiger partial charge in [0.2, 0.25) is 0 Å². The van der Waals surface area contributed by atoms with E-state index in [4.69, 9.17) is 16.3 Å². The highest BCUT2D eigenvalue weighted by molar-refractivity contribution is 6.30. The molecule has 1 saturated heterocycles. The first-order chi connectivity index (χ1) is 12.2. The maximum atomic E-state index is 12.2. The number of hydrogen-bond donors (Lipinski definition) is 1. The highest BCUT2D eigenvalue weighted by atomic mass is 35.5. The molecule has 0 spiro atoms. The lowest BCUT2D eigenvalue weighted by Gasteiger charge is -2.35. The second kappa shape index (κ2) is 8.58. The second-order valence-electron chi connectivity index (χ2n) is 5.70. The van der Waals surface area contributed by atoms with E-state index in [1.54, 1.807) is 18.3 Å². The Morgan fingerprint density at radius 2 is 2.00 bits per heavy atom. The van der Waals surface area contributed by atoms with Gasteiger partial charge in [0, 0.05) is 37.4 Å². The molecule has 1 N–H and O–H groups in total. The summed E-state index contributed by atoms with van der Waals surface area (Å²) in [5.74, 6) is 1.66. The number of benzene rings is 1. The molecule has 1 aromatic heterocycles. The molecule has 1 aromatic carbocycles. The molecule has 0 radical (unpaired) electrons. The summed E-state index contributed by atoms with van der Waals surface area (Å²) in [6.07, 6.45) is 1.79. The molecule has 2 amide bonds. The third kappa shape index (κ3) is 5.00. The van der Waals surface area contributed by atoms with Crippen LogP contribution in [0, 0.1) is 0 Å². The Bertz CT molecular complexity index is 690. The predicted molar refractivity (Wildman–Crippen MR) is 98.4 cm³/mol. The fraction of sp³-hybridized carbons (Fsp3) is 0.333. The molecule has 0 atom stereocenters. The minimum absolute atomic E-state index is 0.0598. The summed E-state index contributed by atoms with van der Waals surface area (Å²) in [7, 11) is 0. The molecule has 1 aliphatic rings. The van der Waals surface area contributed by atoms with Crippen molar-refractivity contribution in [3.8, 4) is 5.75 Å². The summed E-state index contributed by atoms with van der Waals surface area (Å²) in [4.78, 5) is 20.6. The van der Waals surface area contributed by atoms with Crippen molar-refractivity contribution >= 4 is 23.4 Å². The van der Waals surface area contributed by atoms with E-state index in [-0.39, 0.29) is 6.03 Å². The summed E-state index contributed by atoms with van der Waals surface area (Å²) < 4.78 is 5.57. The summed E-state index contributed by atoms with van der Waals surface area (Å²) in [6, 6.07) is 13.0. The smallest absolute Gasteiger partial charge is 0.317 e. The van der Waals surface area contributed by atoms with Crippen LogP contribution in [0.5, 0.6) is 5.75 Å². The molecule has 2 heterocycles. The Morgan fingerprint density at radius 1 is 1.16 bits per heavy atom. The molecule has 0 unspecified atom stereocenters. The lowest BCUT2D eigenvalue weighted by atomic mass is 10.3. The number of nitrogens with one attached hydrogen (secondary N) is 1. The van der Waals surface area contributed by atoms with Gasteiger partial charge in [-0.05, 0) is 30.3 Å². The summed E-state index contributed by atoms with van der Waals surface area (Å²) in [5, 5.41) is 3.52. The molecular formula is C18H21ClN4O2. The van der Waals surface area contributed by atoms with E-state index in [0.29, 0.717) is 37.0 Å². The molecule has 25 heavy (non-hydrogen) atoms. The quantitative estimate of drug-likeness (QED) is 0.833. The van der Waals surface area contributed by atoms with E-state index < -0.39 is 0 Å². The minimum Gasteiger partial charge on any atom is -0.492 e. The van der Waals surface area contributed by atoms with Crippen molar-refractivity contribution in [2.24, 2.45) is 0 Å². The predicted octanol–water partition coefficient (Wildman–Crippen LogP) is 2.65. The number of anilines is 1. The average molecular weight is 361 g/mol. The molecule has 1 aliphatic heterocycles. The fourth-order valence-corrected chi connectivity index (χ4v) is 2.86. The molecule has 7 heteroatoms. The molecule has 0 saturated carbocycles. The molecule has 6 nitrogen and oxygen atoms in total. The van der Waals surface area contributed by atoms with Crippen molar-refractivity contribution in [3.05, 3.63) is 53.7 Å². The third-order valence-electron chi connectivity index (χ3n) is 3.98. The number of hydrogen-bond acceptors (Lipinski definition) is 4. The molecule has 3 rings (SSSR count). The number of ether oxygens (including phenoxy) is 1. The number of pyridine rings is 1. The first-order valence-corrected chi connectivity index (χ1v) is 8.67. The lowest BCUT2D eigenvalue weighted by molar-refractivity contribution is 0.191. The zero-order valence-corrected chi connectivity index (χ0v) is 14.7. The largest absolute Gasteiger partial charge is 0.492 e. The van der Waals surface area contributed by atoms with Crippen molar-refractivity contribution in [2.45, 2.75) is 0 Å². The van der Waals surface area contributed by atoms with Crippen molar-refractivity contribution in [2.75, 3.05) is 44.2 Å².